The summed E-state index contributed by atoms with van der Waals surface area (Å²) < 4.78 is 3.12. The summed E-state index contributed by atoms with van der Waals surface area (Å²) in [6, 6.07) is 23.3. The predicted octanol–water partition coefficient (Wildman–Crippen LogP) is 6.53. The van der Waals surface area contributed by atoms with Gasteiger partial charge in [-0.2, -0.15) is 0 Å². The minimum atomic E-state index is -0.292. The number of carbonyl (C=O) groups excluding carboxylic acids is 2. The molecule has 31 heavy (non-hydrogen) atoms. The van der Waals surface area contributed by atoms with Gasteiger partial charge in [-0.15, -0.1) is 0 Å². The van der Waals surface area contributed by atoms with Crippen molar-refractivity contribution in [3.63, 3.8) is 0 Å². The zero-order valence-corrected chi connectivity index (χ0v) is 18.3. The van der Waals surface area contributed by atoms with Crippen LogP contribution in [0.5, 0.6) is 0 Å². The van der Waals surface area contributed by atoms with Crippen LogP contribution in [0.1, 0.15) is 27.6 Å². The third-order valence-corrected chi connectivity index (χ3v) is 6.88. The highest BCUT2D eigenvalue weighted by Crippen LogP contribution is 2.38. The first-order valence-corrected chi connectivity index (χ1v) is 11.0. The lowest BCUT2D eigenvalue weighted by Gasteiger charge is -2.27. The molecule has 0 fully saturated rings. The lowest BCUT2D eigenvalue weighted by atomic mass is 9.93. The maximum absolute atomic E-state index is 13.5. The molecule has 1 aliphatic rings. The third kappa shape index (κ3) is 2.41. The summed E-state index contributed by atoms with van der Waals surface area (Å²) in [6.07, 6.45) is 0. The zero-order valence-electron chi connectivity index (χ0n) is 16.7. The van der Waals surface area contributed by atoms with Crippen molar-refractivity contribution in [1.29, 1.82) is 0 Å². The first kappa shape index (κ1) is 18.3. The molecule has 5 heteroatoms. The first-order chi connectivity index (χ1) is 15.1. The van der Waals surface area contributed by atoms with Gasteiger partial charge in [-0.05, 0) is 54.8 Å². The van der Waals surface area contributed by atoms with Crippen LogP contribution in [0.15, 0.2) is 77.3 Å². The molecule has 150 valence electrons. The Morgan fingerprint density at radius 1 is 0.742 bits per heavy atom. The average molecular weight is 469 g/mol. The highest BCUT2D eigenvalue weighted by atomic mass is 79.9. The van der Waals surface area contributed by atoms with E-state index in [1.807, 2.05) is 48.5 Å². The van der Waals surface area contributed by atoms with Gasteiger partial charge in [-0.3, -0.25) is 9.59 Å². The van der Waals surface area contributed by atoms with Crippen molar-refractivity contribution < 1.29 is 9.59 Å². The number of anilines is 1. The van der Waals surface area contributed by atoms with Gasteiger partial charge in [-0.1, -0.05) is 46.3 Å². The molecule has 0 saturated carbocycles. The smallest absolute Gasteiger partial charge is 0.265 e. The van der Waals surface area contributed by atoms with Crippen LogP contribution in [-0.2, 0) is 6.54 Å². The summed E-state index contributed by atoms with van der Waals surface area (Å²) in [7, 11) is 0. The van der Waals surface area contributed by atoms with Crippen molar-refractivity contribution in [3.8, 4) is 0 Å². The molecule has 0 radical (unpaired) electrons. The molecule has 4 aromatic carbocycles. The van der Waals surface area contributed by atoms with E-state index in [-0.39, 0.29) is 11.8 Å². The minimum absolute atomic E-state index is 0.292. The van der Waals surface area contributed by atoms with E-state index in [2.05, 4.69) is 39.6 Å². The quantitative estimate of drug-likeness (QED) is 0.276. The van der Waals surface area contributed by atoms with E-state index in [0.717, 1.165) is 38.2 Å². The maximum Gasteiger partial charge on any atom is 0.265 e. The highest BCUT2D eigenvalue weighted by molar-refractivity contribution is 9.10. The molecule has 0 aliphatic carbocycles. The molecular formula is C26H17BrN2O2. The molecule has 6 rings (SSSR count). The molecule has 5 aromatic rings. The van der Waals surface area contributed by atoms with Gasteiger partial charge in [0.15, 0.2) is 0 Å². The zero-order chi connectivity index (χ0) is 21.3. The summed E-state index contributed by atoms with van der Waals surface area (Å²) in [6.45, 7) is 2.96. The Kier molecular flexibility index (Phi) is 3.86. The predicted molar refractivity (Wildman–Crippen MR) is 128 cm³/mol. The van der Waals surface area contributed by atoms with Gasteiger partial charge >= 0.3 is 0 Å². The van der Waals surface area contributed by atoms with Crippen LogP contribution in [0.25, 0.3) is 32.6 Å². The normalized spacial score (nSPS) is 13.7. The van der Waals surface area contributed by atoms with Crippen molar-refractivity contribution in [2.75, 3.05) is 4.90 Å². The summed E-state index contributed by atoms with van der Waals surface area (Å²) in [5.41, 5.74) is 3.92. The van der Waals surface area contributed by atoms with Gasteiger partial charge in [0.2, 0.25) is 0 Å². The molecule has 0 saturated heterocycles. The molecule has 4 nitrogen and oxygen atoms in total. The molecule has 1 aliphatic heterocycles. The van der Waals surface area contributed by atoms with Crippen LogP contribution in [0, 0.1) is 0 Å². The van der Waals surface area contributed by atoms with Crippen LogP contribution in [-0.4, -0.2) is 16.4 Å². The van der Waals surface area contributed by atoms with Gasteiger partial charge in [0, 0.05) is 49.3 Å². The molecule has 0 unspecified atom stereocenters. The number of hydrogen-bond acceptors (Lipinski definition) is 2. The number of imide groups is 1. The number of fused-ring (bicyclic) bond motifs is 3. The Morgan fingerprint density at radius 2 is 1.45 bits per heavy atom. The van der Waals surface area contributed by atoms with E-state index in [4.69, 9.17) is 0 Å². The number of nitrogens with zero attached hydrogens (tertiary/aromatic N) is 2. The fourth-order valence-corrected chi connectivity index (χ4v) is 5.28. The second-order valence-electron chi connectivity index (χ2n) is 7.73. The van der Waals surface area contributed by atoms with E-state index < -0.39 is 0 Å². The average Bonchev–Trinajstić information content (AvgIpc) is 3.11. The van der Waals surface area contributed by atoms with Gasteiger partial charge in [0.1, 0.15) is 0 Å². The number of hydrogen-bond donors (Lipinski definition) is 0. The molecular weight excluding hydrogens is 452 g/mol. The number of benzene rings is 4. The third-order valence-electron chi connectivity index (χ3n) is 6.18. The van der Waals surface area contributed by atoms with Crippen molar-refractivity contribution >= 4 is 66.0 Å². The number of aromatic nitrogens is 1. The summed E-state index contributed by atoms with van der Waals surface area (Å²) in [5, 5.41) is 3.74. The number of carbonyl (C=O) groups is 2. The van der Waals surface area contributed by atoms with Crippen molar-refractivity contribution in [1.82, 2.24) is 4.57 Å². The lowest BCUT2D eigenvalue weighted by Crippen LogP contribution is -2.40. The molecule has 0 atom stereocenters. The van der Waals surface area contributed by atoms with Crippen molar-refractivity contribution in [2.24, 2.45) is 0 Å². The van der Waals surface area contributed by atoms with E-state index in [0.29, 0.717) is 22.2 Å². The molecule has 1 aromatic heterocycles. The van der Waals surface area contributed by atoms with Crippen LogP contribution in [0.2, 0.25) is 0 Å². The van der Waals surface area contributed by atoms with Crippen molar-refractivity contribution in [2.45, 2.75) is 13.5 Å². The summed E-state index contributed by atoms with van der Waals surface area (Å²) in [5.74, 6) is -0.584. The van der Waals surface area contributed by atoms with E-state index in [1.54, 1.807) is 12.1 Å². The number of para-hydroxylation sites is 1. The SMILES string of the molecule is CCn1c2ccccc2c2cc(N3C(=O)c4cccc5c(Br)ccc(c45)C3=O)ccc21. The largest absolute Gasteiger partial charge is 0.341 e. The van der Waals surface area contributed by atoms with Crippen molar-refractivity contribution in [3.05, 3.63) is 88.4 Å². The Hall–Kier alpha value is -3.44. The fraction of sp³-hybridized carbons (Fsp3) is 0.0769. The second kappa shape index (κ2) is 6.53. The van der Waals surface area contributed by atoms with Crippen LogP contribution in [0.3, 0.4) is 0 Å². The fourth-order valence-electron chi connectivity index (χ4n) is 4.82. The summed E-state index contributed by atoms with van der Waals surface area (Å²) >= 11 is 3.54. The Morgan fingerprint density at radius 3 is 2.26 bits per heavy atom. The Labute approximate surface area is 186 Å². The number of aryl methyl sites for hydroxylation is 1. The standard InChI is InChI=1S/C26H17BrN2O2/c1-2-28-22-9-4-3-6-16(22)20-14-15(10-13-23(20)28)29-25(30)18-8-5-7-17-21(27)12-11-19(24(17)18)26(29)31/h3-14H,2H2,1H3. The molecule has 0 spiro atoms. The second-order valence-corrected chi connectivity index (χ2v) is 8.59. The van der Waals surface area contributed by atoms with Crippen LogP contribution in [0.4, 0.5) is 5.69 Å². The van der Waals surface area contributed by atoms with Crippen LogP contribution >= 0.6 is 15.9 Å². The van der Waals surface area contributed by atoms with E-state index >= 15 is 0 Å². The molecule has 2 heterocycles. The van der Waals surface area contributed by atoms with Gasteiger partial charge in [0.05, 0.1) is 5.69 Å². The van der Waals surface area contributed by atoms with Gasteiger partial charge in [-0.25, -0.2) is 4.90 Å². The Balaban J connectivity index is 1.60. The number of rotatable bonds is 2. The van der Waals surface area contributed by atoms with Crippen LogP contribution < -0.4 is 4.90 Å². The topological polar surface area (TPSA) is 42.3 Å². The monoisotopic (exact) mass is 468 g/mol. The Bertz CT molecular complexity index is 1560. The summed E-state index contributed by atoms with van der Waals surface area (Å²) in [4.78, 5) is 28.3. The lowest BCUT2D eigenvalue weighted by molar-refractivity contribution is 0.0893. The number of halogens is 1. The highest BCUT2D eigenvalue weighted by Gasteiger charge is 2.34. The number of amides is 2. The first-order valence-electron chi connectivity index (χ1n) is 10.2. The van der Waals surface area contributed by atoms with E-state index in [1.165, 1.54) is 4.90 Å². The molecule has 2 amide bonds. The van der Waals surface area contributed by atoms with E-state index in [9.17, 15) is 9.59 Å². The minimum Gasteiger partial charge on any atom is -0.341 e. The molecule has 0 bridgehead atoms. The molecule has 0 N–H and O–H groups in total. The van der Waals surface area contributed by atoms with Gasteiger partial charge in [0.25, 0.3) is 11.8 Å². The van der Waals surface area contributed by atoms with Gasteiger partial charge < -0.3 is 4.57 Å². The maximum atomic E-state index is 13.5.